The number of hydrogen-bond acceptors (Lipinski definition) is 3. The zero-order valence-electron chi connectivity index (χ0n) is 12.2. The molecule has 1 aliphatic rings. The van der Waals surface area contributed by atoms with Crippen LogP contribution in [0.3, 0.4) is 0 Å². The van der Waals surface area contributed by atoms with E-state index in [0.717, 1.165) is 12.8 Å². The Morgan fingerprint density at radius 3 is 2.29 bits per heavy atom. The highest BCUT2D eigenvalue weighted by Gasteiger charge is 2.63. The Bertz CT molecular complexity index is 397. The lowest BCUT2D eigenvalue weighted by atomic mass is 9.86. The lowest BCUT2D eigenvalue weighted by Gasteiger charge is -2.27. The average Bonchev–Trinajstić information content (AvgIpc) is 2.80. The van der Waals surface area contributed by atoms with E-state index < -0.39 is 30.5 Å². The molecular formula is C13H21F3N2O3. The summed E-state index contributed by atoms with van der Waals surface area (Å²) in [6, 6.07) is -0.00745. The third kappa shape index (κ3) is 3.87. The van der Waals surface area contributed by atoms with Crippen LogP contribution in [0.4, 0.5) is 13.2 Å². The van der Waals surface area contributed by atoms with Crippen LogP contribution < -0.4 is 5.32 Å². The van der Waals surface area contributed by atoms with Gasteiger partial charge in [0, 0.05) is 19.1 Å². The summed E-state index contributed by atoms with van der Waals surface area (Å²) in [5.74, 6) is -2.25. The molecule has 8 heteroatoms. The maximum Gasteiger partial charge on any atom is 0.406 e. The molecule has 1 saturated heterocycles. The molecule has 1 atom stereocenters. The van der Waals surface area contributed by atoms with Crippen molar-refractivity contribution in [1.29, 1.82) is 0 Å². The number of amides is 1. The molecule has 0 saturated carbocycles. The summed E-state index contributed by atoms with van der Waals surface area (Å²) in [5.41, 5.74) is -2.76. The lowest BCUT2D eigenvalue weighted by molar-refractivity contribution is -0.227. The SMILES string of the molecule is CCC(CC)NC(=O)CN1CCC(C(=O)O)(C(F)(F)F)C1. The molecule has 0 aromatic carbocycles. The van der Waals surface area contributed by atoms with Gasteiger partial charge in [0.05, 0.1) is 6.54 Å². The minimum absolute atomic E-state index is 0.00745. The van der Waals surface area contributed by atoms with Gasteiger partial charge >= 0.3 is 12.1 Å². The van der Waals surface area contributed by atoms with Gasteiger partial charge in [-0.25, -0.2) is 0 Å². The quantitative estimate of drug-likeness (QED) is 0.782. The Morgan fingerprint density at radius 2 is 1.90 bits per heavy atom. The van der Waals surface area contributed by atoms with Gasteiger partial charge in [0.25, 0.3) is 0 Å². The Kier molecular flexibility index (Phi) is 5.61. The maximum absolute atomic E-state index is 13.0. The number of aliphatic carboxylic acids is 1. The van der Waals surface area contributed by atoms with Gasteiger partial charge in [0.2, 0.25) is 5.91 Å². The van der Waals surface area contributed by atoms with Gasteiger partial charge in [-0.1, -0.05) is 13.8 Å². The van der Waals surface area contributed by atoms with E-state index in [-0.39, 0.29) is 25.0 Å². The summed E-state index contributed by atoms with van der Waals surface area (Å²) >= 11 is 0. The van der Waals surface area contributed by atoms with Crippen LogP contribution in [-0.2, 0) is 9.59 Å². The molecule has 21 heavy (non-hydrogen) atoms. The van der Waals surface area contributed by atoms with Crippen molar-refractivity contribution in [3.8, 4) is 0 Å². The van der Waals surface area contributed by atoms with E-state index in [0.29, 0.717) is 0 Å². The topological polar surface area (TPSA) is 69.6 Å². The second-order valence-corrected chi connectivity index (χ2v) is 5.43. The molecule has 1 heterocycles. The summed E-state index contributed by atoms with van der Waals surface area (Å²) < 4.78 is 39.0. The molecule has 1 rings (SSSR count). The molecule has 2 N–H and O–H groups in total. The van der Waals surface area contributed by atoms with Crippen LogP contribution in [0, 0.1) is 5.41 Å². The minimum atomic E-state index is -4.82. The number of carboxylic acid groups (broad SMARTS) is 1. The highest BCUT2D eigenvalue weighted by molar-refractivity contribution is 5.79. The normalized spacial score (nSPS) is 23.5. The highest BCUT2D eigenvalue weighted by atomic mass is 19.4. The van der Waals surface area contributed by atoms with Gasteiger partial charge in [0.15, 0.2) is 5.41 Å². The number of halogens is 3. The van der Waals surface area contributed by atoms with E-state index in [1.165, 1.54) is 4.90 Å². The number of rotatable bonds is 6. The van der Waals surface area contributed by atoms with Crippen LogP contribution in [0.15, 0.2) is 0 Å². The molecular weight excluding hydrogens is 289 g/mol. The molecule has 1 unspecified atom stereocenters. The molecule has 1 aliphatic heterocycles. The molecule has 0 bridgehead atoms. The van der Waals surface area contributed by atoms with E-state index in [9.17, 15) is 22.8 Å². The molecule has 0 aromatic heterocycles. The predicted octanol–water partition coefficient (Wildman–Crippen LogP) is 1.63. The van der Waals surface area contributed by atoms with Crippen LogP contribution in [0.1, 0.15) is 33.1 Å². The van der Waals surface area contributed by atoms with Crippen LogP contribution >= 0.6 is 0 Å². The Balaban J connectivity index is 2.65. The average molecular weight is 310 g/mol. The zero-order valence-corrected chi connectivity index (χ0v) is 12.2. The molecule has 5 nitrogen and oxygen atoms in total. The van der Waals surface area contributed by atoms with E-state index in [1.807, 2.05) is 13.8 Å². The van der Waals surface area contributed by atoms with Crippen LogP contribution in [0.5, 0.6) is 0 Å². The number of nitrogens with one attached hydrogen (secondary N) is 1. The first kappa shape index (κ1) is 17.7. The second-order valence-electron chi connectivity index (χ2n) is 5.43. The zero-order chi connectivity index (χ0) is 16.3. The largest absolute Gasteiger partial charge is 0.481 e. The van der Waals surface area contributed by atoms with Gasteiger partial charge in [-0.15, -0.1) is 0 Å². The van der Waals surface area contributed by atoms with Gasteiger partial charge in [-0.2, -0.15) is 13.2 Å². The number of alkyl halides is 3. The van der Waals surface area contributed by atoms with Gasteiger partial charge in [-0.05, 0) is 19.3 Å². The summed E-state index contributed by atoms with van der Waals surface area (Å²) in [5, 5.41) is 11.7. The first-order valence-corrected chi connectivity index (χ1v) is 6.98. The van der Waals surface area contributed by atoms with Crippen molar-refractivity contribution in [1.82, 2.24) is 10.2 Å². The highest BCUT2D eigenvalue weighted by Crippen LogP contribution is 2.45. The summed E-state index contributed by atoms with van der Waals surface area (Å²) in [6.45, 7) is 2.87. The van der Waals surface area contributed by atoms with Crippen molar-refractivity contribution < 1.29 is 27.9 Å². The number of carboxylic acids is 1. The fraction of sp³-hybridized carbons (Fsp3) is 0.846. The van der Waals surface area contributed by atoms with E-state index >= 15 is 0 Å². The number of carbonyl (C=O) groups excluding carboxylic acids is 1. The van der Waals surface area contributed by atoms with E-state index in [1.54, 1.807) is 0 Å². The molecule has 122 valence electrons. The van der Waals surface area contributed by atoms with Crippen LogP contribution in [0.25, 0.3) is 0 Å². The molecule has 0 aliphatic carbocycles. The number of likely N-dealkylation sites (tertiary alicyclic amines) is 1. The summed E-state index contributed by atoms with van der Waals surface area (Å²) in [7, 11) is 0. The van der Waals surface area contributed by atoms with Crippen molar-refractivity contribution in [3.05, 3.63) is 0 Å². The Hall–Kier alpha value is -1.31. The van der Waals surface area contributed by atoms with Crippen molar-refractivity contribution >= 4 is 11.9 Å². The van der Waals surface area contributed by atoms with Crippen molar-refractivity contribution in [2.75, 3.05) is 19.6 Å². The third-order valence-corrected chi connectivity index (χ3v) is 4.02. The van der Waals surface area contributed by atoms with E-state index in [4.69, 9.17) is 5.11 Å². The van der Waals surface area contributed by atoms with Crippen molar-refractivity contribution in [2.45, 2.75) is 45.3 Å². The first-order chi connectivity index (χ1) is 9.66. The van der Waals surface area contributed by atoms with Gasteiger partial charge < -0.3 is 10.4 Å². The number of hydrogen-bond donors (Lipinski definition) is 2. The minimum Gasteiger partial charge on any atom is -0.481 e. The Morgan fingerprint density at radius 1 is 1.33 bits per heavy atom. The number of carbonyl (C=O) groups is 2. The van der Waals surface area contributed by atoms with Crippen molar-refractivity contribution in [3.63, 3.8) is 0 Å². The lowest BCUT2D eigenvalue weighted by Crippen LogP contribution is -2.48. The molecule has 0 aromatic rings. The molecule has 1 fully saturated rings. The molecule has 0 radical (unpaired) electrons. The van der Waals surface area contributed by atoms with Crippen molar-refractivity contribution in [2.24, 2.45) is 5.41 Å². The van der Waals surface area contributed by atoms with Gasteiger partial charge in [-0.3, -0.25) is 14.5 Å². The van der Waals surface area contributed by atoms with E-state index in [2.05, 4.69) is 5.32 Å². The fourth-order valence-electron chi connectivity index (χ4n) is 2.52. The van der Waals surface area contributed by atoms with Gasteiger partial charge in [0.1, 0.15) is 0 Å². The first-order valence-electron chi connectivity index (χ1n) is 6.98. The fourth-order valence-corrected chi connectivity index (χ4v) is 2.52. The summed E-state index contributed by atoms with van der Waals surface area (Å²) in [6.07, 6.45) is -3.86. The number of nitrogens with zero attached hydrogens (tertiary/aromatic N) is 1. The monoisotopic (exact) mass is 310 g/mol. The van der Waals surface area contributed by atoms with Crippen LogP contribution in [0.2, 0.25) is 0 Å². The molecule has 1 amide bonds. The standard InChI is InChI=1S/C13H21F3N2O3/c1-3-9(4-2)17-10(19)7-18-6-5-12(8-18,11(20)21)13(14,15)16/h9H,3-8H2,1-2H3,(H,17,19)(H,20,21). The predicted molar refractivity (Wildman–Crippen MR) is 69.7 cm³/mol. The second kappa shape index (κ2) is 6.64. The summed E-state index contributed by atoms with van der Waals surface area (Å²) in [4.78, 5) is 24.1. The van der Waals surface area contributed by atoms with Crippen LogP contribution in [-0.4, -0.2) is 53.7 Å². The third-order valence-electron chi connectivity index (χ3n) is 4.02. The smallest absolute Gasteiger partial charge is 0.406 e. The molecule has 0 spiro atoms. The maximum atomic E-state index is 13.0. The Labute approximate surface area is 121 Å².